The number of pyridine rings is 1. The van der Waals surface area contributed by atoms with Gasteiger partial charge in [0.1, 0.15) is 5.15 Å². The molecule has 0 radical (unpaired) electrons. The Morgan fingerprint density at radius 3 is 2.39 bits per heavy atom. The highest BCUT2D eigenvalue weighted by Crippen LogP contribution is 2.33. The lowest BCUT2D eigenvalue weighted by Gasteiger charge is -2.10. The molecule has 0 saturated heterocycles. The molecule has 0 aliphatic heterocycles. The van der Waals surface area contributed by atoms with Gasteiger partial charge in [-0.05, 0) is 61.1 Å². The fraction of sp³-hybridized carbons (Fsp3) is 0.150. The first-order chi connectivity index (χ1) is 10.9. The van der Waals surface area contributed by atoms with E-state index < -0.39 is 0 Å². The molecule has 0 amide bonds. The predicted octanol–water partition coefficient (Wildman–Crippen LogP) is 6.72. The molecule has 1 nitrogen and oxygen atoms in total. The van der Waals surface area contributed by atoms with Crippen molar-refractivity contribution in [2.75, 3.05) is 0 Å². The highest BCUT2D eigenvalue weighted by Gasteiger charge is 2.10. The zero-order valence-electron chi connectivity index (χ0n) is 13.3. The maximum Gasteiger partial charge on any atom is 0.137 e. The van der Waals surface area contributed by atoms with Gasteiger partial charge in [-0.2, -0.15) is 0 Å². The van der Waals surface area contributed by atoms with Gasteiger partial charge in [-0.1, -0.05) is 58.6 Å². The fourth-order valence-electron chi connectivity index (χ4n) is 2.97. The van der Waals surface area contributed by atoms with Gasteiger partial charge in [0.15, 0.2) is 0 Å². The molecule has 2 aromatic carbocycles. The van der Waals surface area contributed by atoms with Crippen molar-refractivity contribution in [1.82, 2.24) is 4.98 Å². The largest absolute Gasteiger partial charge is 0.244 e. The molecule has 0 fully saturated rings. The van der Waals surface area contributed by atoms with Crippen LogP contribution in [0, 0.1) is 13.8 Å². The molecular formula is C20H17Cl2N. The Kier molecular flexibility index (Phi) is 4.43. The number of hydrogen-bond donors (Lipinski definition) is 0. The Balaban J connectivity index is 2.21. The monoisotopic (exact) mass is 341 g/mol. The lowest BCUT2D eigenvalue weighted by Crippen LogP contribution is -1.88. The van der Waals surface area contributed by atoms with Crippen LogP contribution >= 0.6 is 23.2 Å². The molecule has 0 saturated carbocycles. The molecule has 0 aliphatic rings. The smallest absolute Gasteiger partial charge is 0.137 e. The summed E-state index contributed by atoms with van der Waals surface area (Å²) in [4.78, 5) is 4.21. The zero-order valence-corrected chi connectivity index (χ0v) is 14.8. The van der Waals surface area contributed by atoms with Gasteiger partial charge in [-0.3, -0.25) is 0 Å². The number of allylic oxidation sites excluding steroid dienone is 1. The second-order valence-electron chi connectivity index (χ2n) is 5.90. The molecule has 1 heterocycles. The third kappa shape index (κ3) is 3.41. The van der Waals surface area contributed by atoms with E-state index in [9.17, 15) is 0 Å². The molecule has 0 unspecified atom stereocenters. The average molecular weight is 342 g/mol. The van der Waals surface area contributed by atoms with Crippen LogP contribution in [0.5, 0.6) is 0 Å². The summed E-state index contributed by atoms with van der Waals surface area (Å²) in [5.74, 6) is 0. The van der Waals surface area contributed by atoms with Crippen molar-refractivity contribution in [3.8, 4) is 0 Å². The predicted molar refractivity (Wildman–Crippen MR) is 101 cm³/mol. The van der Waals surface area contributed by atoms with Gasteiger partial charge in [0.05, 0.1) is 0 Å². The number of rotatable bonds is 2. The van der Waals surface area contributed by atoms with Crippen molar-refractivity contribution in [2.24, 2.45) is 0 Å². The van der Waals surface area contributed by atoms with Gasteiger partial charge in [-0.25, -0.2) is 4.98 Å². The Hall–Kier alpha value is -1.83. The molecule has 3 rings (SSSR count). The summed E-state index contributed by atoms with van der Waals surface area (Å²) in [6.07, 6.45) is 3.86. The number of nitrogens with zero attached hydrogens (tertiary/aromatic N) is 1. The second kappa shape index (κ2) is 6.35. The van der Waals surface area contributed by atoms with E-state index in [1.54, 1.807) is 6.20 Å². The first-order valence-electron chi connectivity index (χ1n) is 7.45. The van der Waals surface area contributed by atoms with Crippen LogP contribution in [0.2, 0.25) is 10.2 Å². The molecule has 0 bridgehead atoms. The van der Waals surface area contributed by atoms with E-state index in [0.29, 0.717) is 10.2 Å². The van der Waals surface area contributed by atoms with Crippen LogP contribution in [0.15, 0.2) is 42.6 Å². The summed E-state index contributed by atoms with van der Waals surface area (Å²) in [6.45, 7) is 6.29. The van der Waals surface area contributed by atoms with Gasteiger partial charge in [-0.15, -0.1) is 0 Å². The molecule has 1 aromatic heterocycles. The van der Waals surface area contributed by atoms with Gasteiger partial charge >= 0.3 is 0 Å². The van der Waals surface area contributed by atoms with Crippen LogP contribution in [-0.2, 0) is 0 Å². The van der Waals surface area contributed by atoms with Gasteiger partial charge in [0, 0.05) is 16.6 Å². The quantitative estimate of drug-likeness (QED) is 0.372. The SMILES string of the molecule is C/C(=C\c1cc(C)cc(C)c1)c1cc(Cl)cc2ccnc(Cl)c12. The minimum Gasteiger partial charge on any atom is -0.244 e. The Morgan fingerprint density at radius 1 is 1.00 bits per heavy atom. The summed E-state index contributed by atoms with van der Waals surface area (Å²) in [5.41, 5.74) is 5.80. The van der Waals surface area contributed by atoms with Gasteiger partial charge in [0.25, 0.3) is 0 Å². The lowest BCUT2D eigenvalue weighted by atomic mass is 9.98. The van der Waals surface area contributed by atoms with E-state index in [0.717, 1.165) is 21.9 Å². The number of aromatic nitrogens is 1. The normalized spacial score (nSPS) is 12.0. The first-order valence-corrected chi connectivity index (χ1v) is 8.20. The van der Waals surface area contributed by atoms with Crippen molar-refractivity contribution in [2.45, 2.75) is 20.8 Å². The summed E-state index contributed by atoms with van der Waals surface area (Å²) < 4.78 is 0. The van der Waals surface area contributed by atoms with E-state index in [1.807, 2.05) is 18.2 Å². The Labute approximate surface area is 146 Å². The summed E-state index contributed by atoms with van der Waals surface area (Å²) in [6, 6.07) is 12.3. The first kappa shape index (κ1) is 16.0. The van der Waals surface area contributed by atoms with Gasteiger partial charge < -0.3 is 0 Å². The number of aryl methyl sites for hydroxylation is 2. The minimum atomic E-state index is 0.502. The maximum atomic E-state index is 6.33. The summed E-state index contributed by atoms with van der Waals surface area (Å²) >= 11 is 12.6. The van der Waals surface area contributed by atoms with Crippen molar-refractivity contribution in [3.05, 3.63) is 75.0 Å². The van der Waals surface area contributed by atoms with E-state index in [1.165, 1.54) is 16.7 Å². The molecule has 0 atom stereocenters. The van der Waals surface area contributed by atoms with E-state index in [-0.39, 0.29) is 0 Å². The second-order valence-corrected chi connectivity index (χ2v) is 6.70. The maximum absolute atomic E-state index is 6.33. The summed E-state index contributed by atoms with van der Waals surface area (Å²) in [7, 11) is 0. The third-order valence-corrected chi connectivity index (χ3v) is 4.34. The standard InChI is InChI=1S/C20H17Cl2N/c1-12-6-13(2)8-15(7-12)9-14(3)18-11-17(21)10-16-4-5-23-20(22)19(16)18/h4-11H,1-3H3/b14-9+. The molecular weight excluding hydrogens is 325 g/mol. The van der Waals surface area contributed by atoms with Crippen molar-refractivity contribution >= 4 is 45.6 Å². The van der Waals surface area contributed by atoms with Crippen LogP contribution in [0.25, 0.3) is 22.4 Å². The molecule has 116 valence electrons. The molecule has 23 heavy (non-hydrogen) atoms. The minimum absolute atomic E-state index is 0.502. The molecule has 0 spiro atoms. The number of halogens is 2. The van der Waals surface area contributed by atoms with Crippen molar-refractivity contribution < 1.29 is 0 Å². The number of hydrogen-bond acceptors (Lipinski definition) is 1. The highest BCUT2D eigenvalue weighted by atomic mass is 35.5. The number of benzene rings is 2. The third-order valence-electron chi connectivity index (χ3n) is 3.83. The van der Waals surface area contributed by atoms with Crippen molar-refractivity contribution in [3.63, 3.8) is 0 Å². The highest BCUT2D eigenvalue weighted by molar-refractivity contribution is 6.36. The van der Waals surface area contributed by atoms with E-state index >= 15 is 0 Å². The average Bonchev–Trinajstić information content (AvgIpc) is 2.45. The van der Waals surface area contributed by atoms with Crippen LogP contribution in [0.1, 0.15) is 29.2 Å². The Bertz CT molecular complexity index is 906. The van der Waals surface area contributed by atoms with Crippen LogP contribution in [0.3, 0.4) is 0 Å². The molecule has 0 aliphatic carbocycles. The molecule has 3 aromatic rings. The zero-order chi connectivity index (χ0) is 16.6. The lowest BCUT2D eigenvalue weighted by molar-refractivity contribution is 1.36. The van der Waals surface area contributed by atoms with Crippen LogP contribution in [0.4, 0.5) is 0 Å². The van der Waals surface area contributed by atoms with Gasteiger partial charge in [0.2, 0.25) is 0 Å². The fourth-order valence-corrected chi connectivity index (χ4v) is 3.46. The molecule has 0 N–H and O–H groups in total. The summed E-state index contributed by atoms with van der Waals surface area (Å²) in [5, 5.41) is 3.14. The Morgan fingerprint density at radius 2 is 1.70 bits per heavy atom. The van der Waals surface area contributed by atoms with Crippen LogP contribution < -0.4 is 0 Å². The number of fused-ring (bicyclic) bond motifs is 1. The van der Waals surface area contributed by atoms with E-state index in [4.69, 9.17) is 23.2 Å². The molecule has 3 heteroatoms. The van der Waals surface area contributed by atoms with E-state index in [2.05, 4.69) is 50.0 Å². The van der Waals surface area contributed by atoms with Crippen molar-refractivity contribution in [1.29, 1.82) is 0 Å². The topological polar surface area (TPSA) is 12.9 Å². The van der Waals surface area contributed by atoms with Crippen LogP contribution in [-0.4, -0.2) is 4.98 Å².